The molecule has 1 aliphatic rings. The molecule has 1 unspecified atom stereocenters. The lowest BCUT2D eigenvalue weighted by molar-refractivity contribution is -0.204. The molecule has 11 heteroatoms. The molecule has 3 aromatic rings. The van der Waals surface area contributed by atoms with Crippen LogP contribution in [0.3, 0.4) is 0 Å². The molecule has 2 amide bonds. The SMILES string of the molecule is Cc1cc(COc2ccc(CC(=O)C3CCCN3C(=O)NOC(=O)C(F)(F)F)cc2)c2ccccc2n1. The van der Waals surface area contributed by atoms with E-state index in [9.17, 15) is 27.6 Å². The van der Waals surface area contributed by atoms with Crippen molar-refractivity contribution in [2.75, 3.05) is 6.54 Å². The third-order valence-electron chi connectivity index (χ3n) is 5.97. The van der Waals surface area contributed by atoms with Crippen LogP contribution in [0.15, 0.2) is 54.6 Å². The summed E-state index contributed by atoms with van der Waals surface area (Å²) in [6.07, 6.45) is -4.37. The van der Waals surface area contributed by atoms with E-state index in [1.165, 1.54) is 5.48 Å². The number of aryl methyl sites for hydroxylation is 1. The number of amides is 2. The minimum atomic E-state index is -5.24. The summed E-state index contributed by atoms with van der Waals surface area (Å²) in [6, 6.07) is 14.9. The van der Waals surface area contributed by atoms with Crippen LogP contribution in [0.25, 0.3) is 10.9 Å². The molecule has 1 atom stereocenters. The van der Waals surface area contributed by atoms with E-state index in [4.69, 9.17) is 4.74 Å². The smallest absolute Gasteiger partial charge is 0.489 e. The molecule has 1 fully saturated rings. The molecular weight excluding hydrogens is 491 g/mol. The van der Waals surface area contributed by atoms with Crippen molar-refractivity contribution in [3.8, 4) is 5.75 Å². The molecular formula is C26H24F3N3O5. The number of urea groups is 1. The molecule has 0 bridgehead atoms. The number of rotatable bonds is 6. The number of carbonyl (C=O) groups excluding carboxylic acids is 3. The van der Waals surface area contributed by atoms with E-state index in [0.717, 1.165) is 27.1 Å². The van der Waals surface area contributed by atoms with E-state index >= 15 is 0 Å². The number of ether oxygens (including phenoxy) is 1. The van der Waals surface area contributed by atoms with Gasteiger partial charge in [-0.2, -0.15) is 18.7 Å². The number of halogens is 3. The number of carbonyl (C=O) groups is 3. The Hall–Kier alpha value is -4.15. The number of hydroxylamine groups is 1. The molecule has 4 rings (SSSR count). The highest BCUT2D eigenvalue weighted by Crippen LogP contribution is 2.23. The first-order valence-corrected chi connectivity index (χ1v) is 11.6. The van der Waals surface area contributed by atoms with E-state index < -0.39 is 24.2 Å². The van der Waals surface area contributed by atoms with Crippen LogP contribution < -0.4 is 10.2 Å². The van der Waals surface area contributed by atoms with E-state index in [0.29, 0.717) is 30.8 Å². The second-order valence-electron chi connectivity index (χ2n) is 8.66. The van der Waals surface area contributed by atoms with Crippen LogP contribution in [0.1, 0.15) is 29.7 Å². The van der Waals surface area contributed by atoms with Gasteiger partial charge in [-0.3, -0.25) is 9.78 Å². The molecule has 2 heterocycles. The van der Waals surface area contributed by atoms with Crippen LogP contribution in [-0.2, 0) is 27.5 Å². The maximum absolute atomic E-state index is 12.8. The van der Waals surface area contributed by atoms with Crippen LogP contribution >= 0.6 is 0 Å². The number of fused-ring (bicyclic) bond motifs is 1. The van der Waals surface area contributed by atoms with Crippen molar-refractivity contribution in [2.45, 2.75) is 45.0 Å². The normalized spacial score (nSPS) is 15.5. The number of likely N-dealkylation sites (tertiary alicyclic amines) is 1. The summed E-state index contributed by atoms with van der Waals surface area (Å²) in [5.74, 6) is -2.21. The van der Waals surface area contributed by atoms with Crippen molar-refractivity contribution in [3.05, 3.63) is 71.4 Å². The summed E-state index contributed by atoms with van der Waals surface area (Å²) >= 11 is 0. The Balaban J connectivity index is 1.33. The Bertz CT molecular complexity index is 1310. The molecule has 0 spiro atoms. The Morgan fingerprint density at radius 3 is 2.57 bits per heavy atom. The zero-order valence-corrected chi connectivity index (χ0v) is 19.9. The maximum atomic E-state index is 12.8. The van der Waals surface area contributed by atoms with Gasteiger partial charge in [0.25, 0.3) is 0 Å². The second kappa shape index (κ2) is 10.9. The first-order valence-electron chi connectivity index (χ1n) is 11.6. The summed E-state index contributed by atoms with van der Waals surface area (Å²) in [5.41, 5.74) is 4.95. The monoisotopic (exact) mass is 515 g/mol. The lowest BCUT2D eigenvalue weighted by Crippen LogP contribution is -2.47. The fourth-order valence-corrected chi connectivity index (χ4v) is 4.25. The predicted octanol–water partition coefficient (Wildman–Crippen LogP) is 4.43. The number of aromatic nitrogens is 1. The molecule has 1 aliphatic heterocycles. The maximum Gasteiger partial charge on any atom is 0.493 e. The van der Waals surface area contributed by atoms with Crippen molar-refractivity contribution in [1.82, 2.24) is 15.4 Å². The average Bonchev–Trinajstić information content (AvgIpc) is 3.36. The minimum absolute atomic E-state index is 0.0191. The second-order valence-corrected chi connectivity index (χ2v) is 8.66. The topological polar surface area (TPSA) is 97.8 Å². The van der Waals surface area contributed by atoms with E-state index in [2.05, 4.69) is 9.82 Å². The Labute approximate surface area is 210 Å². The van der Waals surface area contributed by atoms with Crippen molar-refractivity contribution >= 4 is 28.7 Å². The van der Waals surface area contributed by atoms with Crippen molar-refractivity contribution < 1.29 is 37.1 Å². The molecule has 0 saturated carbocycles. The lowest BCUT2D eigenvalue weighted by atomic mass is 10.0. The van der Waals surface area contributed by atoms with Crippen LogP contribution in [0.5, 0.6) is 5.75 Å². The highest BCUT2D eigenvalue weighted by atomic mass is 19.4. The number of para-hydroxylation sites is 1. The van der Waals surface area contributed by atoms with Crippen LogP contribution in [0, 0.1) is 6.92 Å². The molecule has 1 aromatic heterocycles. The van der Waals surface area contributed by atoms with Crippen LogP contribution in [0.2, 0.25) is 0 Å². The highest BCUT2D eigenvalue weighted by molar-refractivity contribution is 5.90. The van der Waals surface area contributed by atoms with Gasteiger partial charge >= 0.3 is 18.2 Å². The van der Waals surface area contributed by atoms with Gasteiger partial charge in [0.2, 0.25) is 0 Å². The summed E-state index contributed by atoms with van der Waals surface area (Å²) in [4.78, 5) is 45.2. The van der Waals surface area contributed by atoms with Gasteiger partial charge in [0.1, 0.15) is 12.4 Å². The van der Waals surface area contributed by atoms with Gasteiger partial charge in [-0.25, -0.2) is 9.59 Å². The van der Waals surface area contributed by atoms with Crippen molar-refractivity contribution in [3.63, 3.8) is 0 Å². The third kappa shape index (κ3) is 6.35. The first kappa shape index (κ1) is 25.9. The lowest BCUT2D eigenvalue weighted by Gasteiger charge is -2.23. The fraction of sp³-hybridized carbons (Fsp3) is 0.308. The summed E-state index contributed by atoms with van der Waals surface area (Å²) in [5, 5.41) is 1.01. The summed E-state index contributed by atoms with van der Waals surface area (Å²) in [7, 11) is 0. The highest BCUT2D eigenvalue weighted by Gasteiger charge is 2.42. The largest absolute Gasteiger partial charge is 0.493 e. The molecule has 37 heavy (non-hydrogen) atoms. The molecule has 1 saturated heterocycles. The number of nitrogens with one attached hydrogen (secondary N) is 1. The fourth-order valence-electron chi connectivity index (χ4n) is 4.25. The zero-order valence-electron chi connectivity index (χ0n) is 19.9. The predicted molar refractivity (Wildman–Crippen MR) is 126 cm³/mol. The molecule has 2 aromatic carbocycles. The number of benzene rings is 2. The number of hydrogen-bond donors (Lipinski definition) is 1. The van der Waals surface area contributed by atoms with E-state index in [1.54, 1.807) is 24.3 Å². The molecule has 1 N–H and O–H groups in total. The summed E-state index contributed by atoms with van der Waals surface area (Å²) in [6.45, 7) is 2.42. The average molecular weight is 515 g/mol. The third-order valence-corrected chi connectivity index (χ3v) is 5.97. The van der Waals surface area contributed by atoms with Crippen molar-refractivity contribution in [1.29, 1.82) is 0 Å². The van der Waals surface area contributed by atoms with Crippen LogP contribution in [-0.4, -0.2) is 46.4 Å². The quantitative estimate of drug-likeness (QED) is 0.488. The van der Waals surface area contributed by atoms with Gasteiger partial charge < -0.3 is 14.5 Å². The Morgan fingerprint density at radius 1 is 1.11 bits per heavy atom. The minimum Gasteiger partial charge on any atom is -0.489 e. The van der Waals surface area contributed by atoms with Gasteiger partial charge in [-0.15, -0.1) is 0 Å². The van der Waals surface area contributed by atoms with Gasteiger partial charge in [0.15, 0.2) is 5.78 Å². The number of ketones is 1. The Morgan fingerprint density at radius 2 is 1.84 bits per heavy atom. The first-order chi connectivity index (χ1) is 17.6. The molecule has 0 radical (unpaired) electrons. The number of Topliss-reactive ketones (excluding diaryl/α,β-unsaturated/α-hetero) is 1. The van der Waals surface area contributed by atoms with Gasteiger partial charge in [0, 0.05) is 29.6 Å². The Kier molecular flexibility index (Phi) is 7.61. The van der Waals surface area contributed by atoms with Gasteiger partial charge in [0.05, 0.1) is 11.6 Å². The molecule has 8 nitrogen and oxygen atoms in total. The molecule has 194 valence electrons. The van der Waals surface area contributed by atoms with E-state index in [1.807, 2.05) is 37.3 Å². The number of nitrogens with zero attached hydrogens (tertiary/aromatic N) is 2. The molecule has 0 aliphatic carbocycles. The van der Waals surface area contributed by atoms with E-state index in [-0.39, 0.29) is 18.7 Å². The van der Waals surface area contributed by atoms with Gasteiger partial charge in [-0.1, -0.05) is 30.3 Å². The standard InChI is InChI=1S/C26H24F3N3O5/c1-16-13-18(20-5-2-3-6-21(20)30-16)15-36-19-10-8-17(9-11-19)14-23(33)22-7-4-12-32(22)25(35)31-37-24(34)26(27,28)29/h2-3,5-6,8-11,13,22H,4,7,12,14-15H2,1H3,(H,31,35). The summed E-state index contributed by atoms with van der Waals surface area (Å²) < 4.78 is 42.7. The number of hydrogen-bond acceptors (Lipinski definition) is 6. The zero-order chi connectivity index (χ0) is 26.6. The van der Waals surface area contributed by atoms with Gasteiger partial charge in [-0.05, 0) is 49.6 Å². The number of pyridine rings is 1. The van der Waals surface area contributed by atoms with Crippen molar-refractivity contribution in [2.24, 2.45) is 0 Å². The van der Waals surface area contributed by atoms with Crippen LogP contribution in [0.4, 0.5) is 18.0 Å². The number of alkyl halides is 3.